The number of carboxylic acid groups (broad SMARTS) is 3. The summed E-state index contributed by atoms with van der Waals surface area (Å²) in [5, 5.41) is 37.1. The summed E-state index contributed by atoms with van der Waals surface area (Å²) in [5.74, 6) is -4.28. The second kappa shape index (κ2) is 9.63. The number of hydrogen-bond acceptors (Lipinski definition) is 8. The molecule has 11 heteroatoms. The maximum Gasteiger partial charge on any atom is 0.336 e. The molecule has 0 spiro atoms. The fraction of sp³-hybridized carbons (Fsp3) is 0.533. The van der Waals surface area contributed by atoms with Crippen LogP contribution >= 0.6 is 0 Å². The molecule has 2 heterocycles. The zero-order valence-corrected chi connectivity index (χ0v) is 14.0. The van der Waals surface area contributed by atoms with E-state index in [0.29, 0.717) is 6.04 Å². The van der Waals surface area contributed by atoms with E-state index < -0.39 is 36.4 Å². The Balaban J connectivity index is 0.000000260. The number of rotatable bonds is 8. The predicted molar refractivity (Wildman–Crippen MR) is 85.6 cm³/mol. The highest BCUT2D eigenvalue weighted by molar-refractivity contribution is 5.88. The van der Waals surface area contributed by atoms with Crippen molar-refractivity contribution in [2.75, 3.05) is 6.54 Å². The lowest BCUT2D eigenvalue weighted by molar-refractivity contribution is -0.170. The molecule has 1 fully saturated rings. The predicted octanol–water partition coefficient (Wildman–Crippen LogP) is -0.643. The van der Waals surface area contributed by atoms with Crippen molar-refractivity contribution in [3.05, 3.63) is 18.7 Å². The van der Waals surface area contributed by atoms with Crippen LogP contribution in [0.1, 0.15) is 26.2 Å². The van der Waals surface area contributed by atoms with E-state index in [9.17, 15) is 14.4 Å². The topological polar surface area (TPSA) is 179 Å². The third kappa shape index (κ3) is 6.99. The SMILES string of the molecule is CC(Oc1cncnc1)[C@@H]1CCN1.O=C(O)CC(O)(CC(=O)O)C(=O)O. The number of nitrogens with one attached hydrogen (secondary N) is 1. The quantitative estimate of drug-likeness (QED) is 0.392. The summed E-state index contributed by atoms with van der Waals surface area (Å²) in [4.78, 5) is 38.3. The van der Waals surface area contributed by atoms with Gasteiger partial charge in [0, 0.05) is 6.04 Å². The monoisotopic (exact) mass is 371 g/mol. The molecule has 0 amide bonds. The molecule has 2 rings (SSSR count). The summed E-state index contributed by atoms with van der Waals surface area (Å²) in [5.41, 5.74) is -2.74. The standard InChI is InChI=1S/C9H13N3O.C6H8O7/c1-7(9-2-3-12-9)13-8-4-10-6-11-5-8;7-3(8)1-6(13,5(11)12)2-4(9)10/h4-7,9,12H,2-3H2,1H3;13H,1-2H2,(H,7,8)(H,9,10)(H,11,12)/t7?,9-;/m0./s1. The van der Waals surface area contributed by atoms with E-state index in [1.807, 2.05) is 0 Å². The molecule has 1 saturated heterocycles. The van der Waals surface area contributed by atoms with E-state index in [1.54, 1.807) is 12.4 Å². The first-order valence-corrected chi connectivity index (χ1v) is 7.68. The molecule has 1 aliphatic rings. The Morgan fingerprint density at radius 1 is 1.23 bits per heavy atom. The van der Waals surface area contributed by atoms with Crippen LogP contribution < -0.4 is 10.1 Å². The molecule has 0 aliphatic carbocycles. The first-order chi connectivity index (χ1) is 12.1. The van der Waals surface area contributed by atoms with Gasteiger partial charge < -0.3 is 30.5 Å². The molecule has 11 nitrogen and oxygen atoms in total. The molecule has 144 valence electrons. The van der Waals surface area contributed by atoms with E-state index >= 15 is 0 Å². The highest BCUT2D eigenvalue weighted by Gasteiger charge is 2.40. The number of carbonyl (C=O) groups is 3. The lowest BCUT2D eigenvalue weighted by Gasteiger charge is -2.32. The summed E-state index contributed by atoms with van der Waals surface area (Å²) in [6.07, 6.45) is 3.96. The molecule has 1 aromatic rings. The van der Waals surface area contributed by atoms with Gasteiger partial charge >= 0.3 is 17.9 Å². The van der Waals surface area contributed by atoms with E-state index in [-0.39, 0.29) is 6.10 Å². The fourth-order valence-electron chi connectivity index (χ4n) is 2.07. The molecule has 0 aromatic carbocycles. The fourth-order valence-corrected chi connectivity index (χ4v) is 2.07. The van der Waals surface area contributed by atoms with Crippen molar-refractivity contribution in [1.29, 1.82) is 0 Å². The molecule has 26 heavy (non-hydrogen) atoms. The van der Waals surface area contributed by atoms with Gasteiger partial charge in [-0.15, -0.1) is 0 Å². The third-order valence-corrected chi connectivity index (χ3v) is 3.57. The van der Waals surface area contributed by atoms with Crippen LogP contribution in [0.3, 0.4) is 0 Å². The number of aliphatic carboxylic acids is 3. The van der Waals surface area contributed by atoms with E-state index in [1.165, 1.54) is 12.7 Å². The minimum absolute atomic E-state index is 0.194. The van der Waals surface area contributed by atoms with Gasteiger partial charge in [0.15, 0.2) is 11.4 Å². The van der Waals surface area contributed by atoms with Gasteiger partial charge in [-0.25, -0.2) is 14.8 Å². The Morgan fingerprint density at radius 3 is 2.08 bits per heavy atom. The Morgan fingerprint density at radius 2 is 1.73 bits per heavy atom. The van der Waals surface area contributed by atoms with Crippen molar-refractivity contribution >= 4 is 17.9 Å². The van der Waals surface area contributed by atoms with Gasteiger partial charge in [0.05, 0.1) is 25.2 Å². The van der Waals surface area contributed by atoms with Crippen LogP contribution in [-0.4, -0.2) is 72.6 Å². The number of carboxylic acids is 3. The normalized spacial score (nSPS) is 17.1. The van der Waals surface area contributed by atoms with Crippen LogP contribution in [0.4, 0.5) is 0 Å². The summed E-state index contributed by atoms with van der Waals surface area (Å²) in [6.45, 7) is 3.16. The number of aromatic nitrogens is 2. The van der Waals surface area contributed by atoms with Gasteiger partial charge in [-0.3, -0.25) is 9.59 Å². The second-order valence-electron chi connectivity index (χ2n) is 5.72. The maximum absolute atomic E-state index is 10.3. The molecule has 1 unspecified atom stereocenters. The van der Waals surface area contributed by atoms with Gasteiger partial charge in [-0.1, -0.05) is 0 Å². The number of nitrogens with zero attached hydrogens (tertiary/aromatic N) is 2. The van der Waals surface area contributed by atoms with Crippen LogP contribution in [0.2, 0.25) is 0 Å². The zero-order valence-electron chi connectivity index (χ0n) is 14.0. The molecule has 0 bridgehead atoms. The van der Waals surface area contributed by atoms with Gasteiger partial charge in [-0.05, 0) is 19.9 Å². The summed E-state index contributed by atoms with van der Waals surface area (Å²) in [7, 11) is 0. The van der Waals surface area contributed by atoms with Gasteiger partial charge in [-0.2, -0.15) is 0 Å². The minimum atomic E-state index is -2.74. The Kier molecular flexibility index (Phi) is 7.87. The Hall–Kier alpha value is -2.79. The van der Waals surface area contributed by atoms with Crippen molar-refractivity contribution in [2.24, 2.45) is 0 Å². The number of ether oxygens (including phenoxy) is 1. The van der Waals surface area contributed by atoms with E-state index in [2.05, 4.69) is 22.2 Å². The highest BCUT2D eigenvalue weighted by Crippen LogP contribution is 2.16. The summed E-state index contributed by atoms with van der Waals surface area (Å²) in [6, 6.07) is 0.486. The van der Waals surface area contributed by atoms with Crippen LogP contribution in [0.15, 0.2) is 18.7 Å². The second-order valence-corrected chi connectivity index (χ2v) is 5.72. The summed E-state index contributed by atoms with van der Waals surface area (Å²) >= 11 is 0. The number of aliphatic hydroxyl groups is 1. The molecule has 2 atom stereocenters. The third-order valence-electron chi connectivity index (χ3n) is 3.57. The lowest BCUT2D eigenvalue weighted by Crippen LogP contribution is -2.51. The molecule has 5 N–H and O–H groups in total. The van der Waals surface area contributed by atoms with Crippen LogP contribution in [0.5, 0.6) is 5.75 Å². The molecule has 1 aromatic heterocycles. The van der Waals surface area contributed by atoms with Gasteiger partial charge in [0.2, 0.25) is 0 Å². The van der Waals surface area contributed by atoms with E-state index in [4.69, 9.17) is 25.2 Å². The minimum Gasteiger partial charge on any atom is -0.486 e. The summed E-state index contributed by atoms with van der Waals surface area (Å²) < 4.78 is 5.63. The van der Waals surface area contributed by atoms with Crippen LogP contribution in [0.25, 0.3) is 0 Å². The van der Waals surface area contributed by atoms with Crippen molar-refractivity contribution < 1.29 is 39.5 Å². The zero-order chi connectivity index (χ0) is 19.7. The number of hydrogen-bond donors (Lipinski definition) is 5. The average molecular weight is 371 g/mol. The molecule has 0 radical (unpaired) electrons. The van der Waals surface area contributed by atoms with Crippen LogP contribution in [-0.2, 0) is 14.4 Å². The largest absolute Gasteiger partial charge is 0.486 e. The molecular formula is C15H21N3O8. The molecule has 0 saturated carbocycles. The highest BCUT2D eigenvalue weighted by atomic mass is 16.5. The van der Waals surface area contributed by atoms with Crippen molar-refractivity contribution in [3.8, 4) is 5.75 Å². The van der Waals surface area contributed by atoms with Crippen LogP contribution in [0, 0.1) is 0 Å². The van der Waals surface area contributed by atoms with Crippen molar-refractivity contribution in [1.82, 2.24) is 15.3 Å². The lowest BCUT2D eigenvalue weighted by atomic mass is 9.96. The average Bonchev–Trinajstić information content (AvgIpc) is 2.45. The van der Waals surface area contributed by atoms with Gasteiger partial charge in [0.25, 0.3) is 0 Å². The smallest absolute Gasteiger partial charge is 0.336 e. The molecular weight excluding hydrogens is 350 g/mol. The first-order valence-electron chi connectivity index (χ1n) is 7.68. The van der Waals surface area contributed by atoms with Gasteiger partial charge in [0.1, 0.15) is 12.4 Å². The first kappa shape index (κ1) is 21.3. The van der Waals surface area contributed by atoms with Crippen molar-refractivity contribution in [3.63, 3.8) is 0 Å². The van der Waals surface area contributed by atoms with E-state index in [0.717, 1.165) is 12.3 Å². The molecule has 1 aliphatic heterocycles. The maximum atomic E-state index is 10.3. The Bertz CT molecular complexity index is 605. The van der Waals surface area contributed by atoms with Crippen molar-refractivity contribution in [2.45, 2.75) is 43.9 Å². The Labute approximate surface area is 148 Å².